The number of rotatable bonds is 10. The second-order valence-electron chi connectivity index (χ2n) is 7.60. The molecule has 0 radical (unpaired) electrons. The summed E-state index contributed by atoms with van der Waals surface area (Å²) in [6.07, 6.45) is 4.97. The highest BCUT2D eigenvalue weighted by Crippen LogP contribution is 2.22. The van der Waals surface area contributed by atoms with Crippen LogP contribution in [0.15, 0.2) is 32.6 Å². The van der Waals surface area contributed by atoms with E-state index in [2.05, 4.69) is 33.2 Å². The average molecular weight is 495 g/mol. The number of carbonyl (C=O) groups excluding carboxylic acids is 2. The third-order valence-corrected chi connectivity index (χ3v) is 6.39. The number of unbranched alkanes of at least 4 members (excludes halogenated alkanes) is 2. The van der Waals surface area contributed by atoms with Crippen molar-refractivity contribution in [3.8, 4) is 0 Å². The van der Waals surface area contributed by atoms with Gasteiger partial charge in [0.25, 0.3) is 5.56 Å². The predicted molar refractivity (Wildman–Crippen MR) is 123 cm³/mol. The van der Waals surface area contributed by atoms with Crippen molar-refractivity contribution in [2.45, 2.75) is 56.8 Å². The van der Waals surface area contributed by atoms with Crippen molar-refractivity contribution in [3.05, 3.63) is 33.0 Å². The number of halogens is 1. The molecule has 1 aliphatic carbocycles. The van der Waals surface area contributed by atoms with Crippen LogP contribution in [-0.4, -0.2) is 51.7 Å². The van der Waals surface area contributed by atoms with Gasteiger partial charge in [0.05, 0.1) is 23.2 Å². The van der Waals surface area contributed by atoms with Gasteiger partial charge < -0.3 is 10.2 Å². The number of nitrogens with zero attached hydrogens (tertiary/aromatic N) is 3. The number of likely N-dealkylation sites (N-methyl/N-ethyl adjacent to an activating group) is 1. The molecule has 0 bridgehead atoms. The van der Waals surface area contributed by atoms with Gasteiger partial charge in [-0.05, 0) is 37.5 Å². The van der Waals surface area contributed by atoms with E-state index < -0.39 is 0 Å². The first kappa shape index (κ1) is 22.8. The Balaban J connectivity index is 1.73. The van der Waals surface area contributed by atoms with Gasteiger partial charge in [-0.25, -0.2) is 4.98 Å². The van der Waals surface area contributed by atoms with Crippen molar-refractivity contribution in [2.75, 3.05) is 19.3 Å². The quantitative estimate of drug-likeness (QED) is 0.311. The maximum atomic E-state index is 13.1. The minimum absolute atomic E-state index is 0.0401. The van der Waals surface area contributed by atoms with Gasteiger partial charge in [0, 0.05) is 24.1 Å². The van der Waals surface area contributed by atoms with Gasteiger partial charge in [0.1, 0.15) is 0 Å². The molecule has 1 aromatic carbocycles. The van der Waals surface area contributed by atoms with Crippen LogP contribution in [0.1, 0.15) is 39.0 Å². The lowest BCUT2D eigenvalue weighted by Gasteiger charge is -2.17. The summed E-state index contributed by atoms with van der Waals surface area (Å²) in [5, 5.41) is 3.98. The highest BCUT2D eigenvalue weighted by molar-refractivity contribution is 9.10. The zero-order valence-electron chi connectivity index (χ0n) is 17.3. The number of benzene rings is 1. The summed E-state index contributed by atoms with van der Waals surface area (Å²) in [6, 6.07) is 5.71. The van der Waals surface area contributed by atoms with E-state index in [1.807, 2.05) is 6.07 Å². The molecule has 0 unspecified atom stereocenters. The number of hydrogen-bond donors (Lipinski definition) is 1. The van der Waals surface area contributed by atoms with Crippen molar-refractivity contribution in [1.82, 2.24) is 19.8 Å². The third-order valence-electron chi connectivity index (χ3n) is 4.94. The molecule has 2 amide bonds. The highest BCUT2D eigenvalue weighted by Gasteiger charge is 2.24. The first-order chi connectivity index (χ1) is 14.4. The van der Waals surface area contributed by atoms with Crippen LogP contribution in [0.25, 0.3) is 10.9 Å². The molecule has 1 heterocycles. The van der Waals surface area contributed by atoms with Gasteiger partial charge in [-0.15, -0.1) is 0 Å². The van der Waals surface area contributed by atoms with Gasteiger partial charge in [-0.3, -0.25) is 19.0 Å². The van der Waals surface area contributed by atoms with E-state index in [9.17, 15) is 14.4 Å². The molecule has 1 aliphatic rings. The molecule has 2 aromatic rings. The van der Waals surface area contributed by atoms with Crippen molar-refractivity contribution in [1.29, 1.82) is 0 Å². The fraction of sp³-hybridized carbons (Fsp3) is 0.524. The first-order valence-electron chi connectivity index (χ1n) is 10.2. The Morgan fingerprint density at radius 1 is 1.33 bits per heavy atom. The molecule has 1 saturated carbocycles. The molecule has 30 heavy (non-hydrogen) atoms. The van der Waals surface area contributed by atoms with Gasteiger partial charge in [0.15, 0.2) is 5.16 Å². The maximum absolute atomic E-state index is 13.1. The summed E-state index contributed by atoms with van der Waals surface area (Å²) in [7, 11) is 1.62. The predicted octanol–water partition coefficient (Wildman–Crippen LogP) is 3.18. The Morgan fingerprint density at radius 2 is 2.10 bits per heavy atom. The van der Waals surface area contributed by atoms with Crippen molar-refractivity contribution in [3.63, 3.8) is 0 Å². The number of amides is 2. The van der Waals surface area contributed by atoms with E-state index >= 15 is 0 Å². The van der Waals surface area contributed by atoms with Gasteiger partial charge >= 0.3 is 0 Å². The molecule has 0 saturated heterocycles. The molecule has 0 spiro atoms. The molecule has 9 heteroatoms. The molecule has 162 valence electrons. The van der Waals surface area contributed by atoms with Crippen LogP contribution in [0.2, 0.25) is 0 Å². The molecule has 1 aromatic heterocycles. The zero-order valence-corrected chi connectivity index (χ0v) is 19.7. The van der Waals surface area contributed by atoms with Crippen LogP contribution in [-0.2, 0) is 16.1 Å². The SMILES string of the molecule is CCCCCn1c(SCC(=O)N(C)CC(=O)NC2CC2)nc2ccc(Br)cc2c1=O. The van der Waals surface area contributed by atoms with E-state index in [1.165, 1.54) is 16.7 Å². The number of fused-ring (bicyclic) bond motifs is 1. The van der Waals surface area contributed by atoms with Crippen LogP contribution in [0.3, 0.4) is 0 Å². The van der Waals surface area contributed by atoms with Crippen molar-refractivity contribution in [2.24, 2.45) is 0 Å². The van der Waals surface area contributed by atoms with Crippen LogP contribution < -0.4 is 10.9 Å². The van der Waals surface area contributed by atoms with E-state index in [1.54, 1.807) is 23.7 Å². The molecule has 1 fully saturated rings. The molecular weight excluding hydrogens is 468 g/mol. The Bertz CT molecular complexity index is 990. The standard InChI is InChI=1S/C21H27BrN4O3S/c1-3-4-5-10-26-20(29)16-11-14(22)6-9-17(16)24-21(26)30-13-19(28)25(2)12-18(27)23-15-7-8-15/h6,9,11,15H,3-5,7-8,10,12-13H2,1-2H3,(H,23,27). The van der Waals surface area contributed by atoms with E-state index in [-0.39, 0.29) is 35.7 Å². The van der Waals surface area contributed by atoms with Crippen LogP contribution in [0.4, 0.5) is 0 Å². The van der Waals surface area contributed by atoms with Crippen molar-refractivity contribution >= 4 is 50.4 Å². The second-order valence-corrected chi connectivity index (χ2v) is 9.46. The summed E-state index contributed by atoms with van der Waals surface area (Å²) < 4.78 is 2.50. The number of carbonyl (C=O) groups is 2. The van der Waals surface area contributed by atoms with E-state index in [4.69, 9.17) is 0 Å². The summed E-state index contributed by atoms with van der Waals surface area (Å²) in [5.74, 6) is -0.185. The lowest BCUT2D eigenvalue weighted by atomic mass is 10.2. The Labute approximate surface area is 188 Å². The fourth-order valence-corrected chi connectivity index (χ4v) is 4.37. The van der Waals surface area contributed by atoms with Crippen LogP contribution >= 0.6 is 27.7 Å². The first-order valence-corrected chi connectivity index (χ1v) is 12.0. The number of thioether (sulfide) groups is 1. The summed E-state index contributed by atoms with van der Waals surface area (Å²) in [5.41, 5.74) is 0.520. The topological polar surface area (TPSA) is 84.3 Å². The maximum Gasteiger partial charge on any atom is 0.262 e. The van der Waals surface area contributed by atoms with Crippen molar-refractivity contribution < 1.29 is 9.59 Å². The number of hydrogen-bond acceptors (Lipinski definition) is 5. The molecule has 3 rings (SSSR count). The summed E-state index contributed by atoms with van der Waals surface area (Å²) >= 11 is 4.66. The normalized spacial score (nSPS) is 13.4. The molecule has 0 atom stereocenters. The van der Waals surface area contributed by atoms with Gasteiger partial charge in [-0.1, -0.05) is 47.5 Å². The second kappa shape index (κ2) is 10.4. The smallest absolute Gasteiger partial charge is 0.262 e. The Hall–Kier alpha value is -1.87. The zero-order chi connectivity index (χ0) is 21.7. The minimum atomic E-state index is -0.170. The van der Waals surface area contributed by atoms with E-state index in [0.29, 0.717) is 22.6 Å². The Kier molecular flexibility index (Phi) is 7.93. The highest BCUT2D eigenvalue weighted by atomic mass is 79.9. The molecule has 0 aliphatic heterocycles. The van der Waals surface area contributed by atoms with Gasteiger partial charge in [0.2, 0.25) is 11.8 Å². The van der Waals surface area contributed by atoms with Gasteiger partial charge in [-0.2, -0.15) is 0 Å². The number of nitrogens with one attached hydrogen (secondary N) is 1. The monoisotopic (exact) mass is 494 g/mol. The lowest BCUT2D eigenvalue weighted by Crippen LogP contribution is -2.39. The number of aromatic nitrogens is 2. The molecule has 1 N–H and O–H groups in total. The fourth-order valence-electron chi connectivity index (χ4n) is 3.04. The van der Waals surface area contributed by atoms with Crippen LogP contribution in [0, 0.1) is 0 Å². The largest absolute Gasteiger partial charge is 0.352 e. The lowest BCUT2D eigenvalue weighted by molar-refractivity contribution is -0.132. The molecular formula is C21H27BrN4O3S. The minimum Gasteiger partial charge on any atom is -0.352 e. The van der Waals surface area contributed by atoms with E-state index in [0.717, 1.165) is 36.6 Å². The van der Waals surface area contributed by atoms with Crippen LogP contribution in [0.5, 0.6) is 0 Å². The summed E-state index contributed by atoms with van der Waals surface area (Å²) in [4.78, 5) is 43.6. The third kappa shape index (κ3) is 6.07. The summed E-state index contributed by atoms with van der Waals surface area (Å²) in [6.45, 7) is 2.72. The average Bonchev–Trinajstić information content (AvgIpc) is 3.52. The molecule has 7 nitrogen and oxygen atoms in total. The Morgan fingerprint density at radius 3 is 2.80 bits per heavy atom.